The summed E-state index contributed by atoms with van der Waals surface area (Å²) in [6.45, 7) is 2.37. The molecular weight excluding hydrogens is 366 g/mol. The first-order valence-corrected chi connectivity index (χ1v) is 11.3. The third kappa shape index (κ3) is 5.07. The normalized spacial score (nSPS) is 19.7. The highest BCUT2D eigenvalue weighted by Gasteiger charge is 2.29. The van der Waals surface area contributed by atoms with Crippen molar-refractivity contribution in [3.63, 3.8) is 0 Å². The molecule has 0 spiro atoms. The predicted molar refractivity (Wildman–Crippen MR) is 104 cm³/mol. The van der Waals surface area contributed by atoms with Gasteiger partial charge in [-0.25, -0.2) is 12.7 Å². The molecule has 0 aliphatic carbocycles. The summed E-state index contributed by atoms with van der Waals surface area (Å²) in [4.78, 5) is 26.8. The van der Waals surface area contributed by atoms with Gasteiger partial charge in [0.1, 0.15) is 0 Å². The van der Waals surface area contributed by atoms with Gasteiger partial charge in [-0.3, -0.25) is 9.59 Å². The SMILES string of the molecule is CS(=O)(=O)N1CCC(C(=O)Nc2ccc(C(=O)N3CCCCC3)cc2)CC1. The van der Waals surface area contributed by atoms with E-state index in [9.17, 15) is 18.0 Å². The molecule has 0 unspecified atom stereocenters. The number of anilines is 1. The lowest BCUT2D eigenvalue weighted by atomic mass is 9.97. The molecule has 0 bridgehead atoms. The van der Waals surface area contributed by atoms with Crippen LogP contribution in [0.3, 0.4) is 0 Å². The van der Waals surface area contributed by atoms with Crippen molar-refractivity contribution in [3.05, 3.63) is 29.8 Å². The molecule has 0 atom stereocenters. The molecule has 0 aromatic heterocycles. The molecule has 2 aliphatic heterocycles. The Bertz CT molecular complexity index is 778. The van der Waals surface area contributed by atoms with Crippen molar-refractivity contribution < 1.29 is 18.0 Å². The molecule has 2 saturated heterocycles. The van der Waals surface area contributed by atoms with Crippen molar-refractivity contribution in [3.8, 4) is 0 Å². The summed E-state index contributed by atoms with van der Waals surface area (Å²) in [5, 5.41) is 2.88. The monoisotopic (exact) mass is 393 g/mol. The molecule has 0 saturated carbocycles. The third-order valence-corrected chi connectivity index (χ3v) is 6.64. The van der Waals surface area contributed by atoms with E-state index >= 15 is 0 Å². The molecule has 8 heteroatoms. The van der Waals surface area contributed by atoms with E-state index in [0.717, 1.165) is 25.9 Å². The second-order valence-corrected chi connectivity index (χ2v) is 9.34. The van der Waals surface area contributed by atoms with Crippen LogP contribution in [-0.2, 0) is 14.8 Å². The number of hydrogen-bond acceptors (Lipinski definition) is 4. The zero-order valence-corrected chi connectivity index (χ0v) is 16.5. The summed E-state index contributed by atoms with van der Waals surface area (Å²) in [7, 11) is -3.19. The number of likely N-dealkylation sites (tertiary alicyclic amines) is 1. The minimum absolute atomic E-state index is 0.0423. The quantitative estimate of drug-likeness (QED) is 0.847. The Balaban J connectivity index is 1.54. The van der Waals surface area contributed by atoms with Gasteiger partial charge in [0, 0.05) is 43.3 Å². The molecule has 27 heavy (non-hydrogen) atoms. The number of carbonyl (C=O) groups is 2. The number of piperidine rings is 2. The van der Waals surface area contributed by atoms with E-state index in [2.05, 4.69) is 5.32 Å². The van der Waals surface area contributed by atoms with E-state index in [1.165, 1.54) is 17.0 Å². The van der Waals surface area contributed by atoms with Crippen LogP contribution >= 0.6 is 0 Å². The third-order valence-electron chi connectivity index (χ3n) is 5.34. The zero-order chi connectivity index (χ0) is 19.4. The second-order valence-electron chi connectivity index (χ2n) is 7.36. The van der Waals surface area contributed by atoms with Gasteiger partial charge >= 0.3 is 0 Å². The molecular formula is C19H27N3O4S. The summed E-state index contributed by atoms with van der Waals surface area (Å²) >= 11 is 0. The molecule has 1 N–H and O–H groups in total. The van der Waals surface area contributed by atoms with Crippen LogP contribution in [-0.4, -0.2) is 61.9 Å². The van der Waals surface area contributed by atoms with Gasteiger partial charge in [-0.15, -0.1) is 0 Å². The Hall–Kier alpha value is -1.93. The average Bonchev–Trinajstić information content (AvgIpc) is 2.68. The van der Waals surface area contributed by atoms with Gasteiger partial charge in [0.2, 0.25) is 15.9 Å². The first-order chi connectivity index (χ1) is 12.8. The lowest BCUT2D eigenvalue weighted by molar-refractivity contribution is -0.120. The highest BCUT2D eigenvalue weighted by atomic mass is 32.2. The number of amides is 2. The van der Waals surface area contributed by atoms with E-state index in [1.54, 1.807) is 24.3 Å². The van der Waals surface area contributed by atoms with Crippen LogP contribution < -0.4 is 5.32 Å². The molecule has 3 rings (SSSR count). The molecule has 0 radical (unpaired) electrons. The maximum absolute atomic E-state index is 12.5. The molecule has 148 valence electrons. The molecule has 2 heterocycles. The Morgan fingerprint density at radius 1 is 0.963 bits per heavy atom. The first kappa shape index (κ1) is 19.8. The molecule has 7 nitrogen and oxygen atoms in total. The van der Waals surface area contributed by atoms with Crippen LogP contribution in [0.15, 0.2) is 24.3 Å². The Labute approximate surface area is 160 Å². The van der Waals surface area contributed by atoms with E-state index in [0.29, 0.717) is 37.2 Å². The van der Waals surface area contributed by atoms with Crippen LogP contribution in [0.5, 0.6) is 0 Å². The van der Waals surface area contributed by atoms with Crippen LogP contribution in [0.1, 0.15) is 42.5 Å². The lowest BCUT2D eigenvalue weighted by Gasteiger charge is -2.29. The van der Waals surface area contributed by atoms with Gasteiger partial charge in [-0.1, -0.05) is 0 Å². The van der Waals surface area contributed by atoms with Crippen LogP contribution in [0.2, 0.25) is 0 Å². The van der Waals surface area contributed by atoms with E-state index in [1.807, 2.05) is 4.90 Å². The average molecular weight is 394 g/mol. The van der Waals surface area contributed by atoms with E-state index in [4.69, 9.17) is 0 Å². The molecule has 2 fully saturated rings. The van der Waals surface area contributed by atoms with Crippen LogP contribution in [0, 0.1) is 5.92 Å². The summed E-state index contributed by atoms with van der Waals surface area (Å²) in [6, 6.07) is 7.00. The van der Waals surface area contributed by atoms with Crippen LogP contribution in [0.25, 0.3) is 0 Å². The number of benzene rings is 1. The standard InChI is InChI=1S/C19H27N3O4S/c1-27(25,26)22-13-9-15(10-14-22)18(23)20-17-7-5-16(6-8-17)19(24)21-11-3-2-4-12-21/h5-8,15H,2-4,9-14H2,1H3,(H,20,23). The fourth-order valence-corrected chi connectivity index (χ4v) is 4.54. The van der Waals surface area contributed by atoms with Gasteiger partial charge in [0.25, 0.3) is 5.91 Å². The fraction of sp³-hybridized carbons (Fsp3) is 0.579. The van der Waals surface area contributed by atoms with Gasteiger partial charge in [0.05, 0.1) is 6.26 Å². The van der Waals surface area contributed by atoms with Crippen molar-refractivity contribution in [2.75, 3.05) is 37.8 Å². The summed E-state index contributed by atoms with van der Waals surface area (Å²) in [5.41, 5.74) is 1.29. The number of carbonyl (C=O) groups excluding carboxylic acids is 2. The molecule has 2 aliphatic rings. The number of rotatable bonds is 4. The van der Waals surface area contributed by atoms with Gasteiger partial charge < -0.3 is 10.2 Å². The smallest absolute Gasteiger partial charge is 0.253 e. The topological polar surface area (TPSA) is 86.8 Å². The van der Waals surface area contributed by atoms with E-state index in [-0.39, 0.29) is 17.7 Å². The van der Waals surface area contributed by atoms with Crippen LogP contribution in [0.4, 0.5) is 5.69 Å². The highest BCUT2D eigenvalue weighted by molar-refractivity contribution is 7.88. The largest absolute Gasteiger partial charge is 0.339 e. The zero-order valence-electron chi connectivity index (χ0n) is 15.7. The minimum Gasteiger partial charge on any atom is -0.339 e. The van der Waals surface area contributed by atoms with Crippen molar-refractivity contribution in [1.82, 2.24) is 9.21 Å². The first-order valence-electron chi connectivity index (χ1n) is 9.50. The number of nitrogens with zero attached hydrogens (tertiary/aromatic N) is 2. The fourth-order valence-electron chi connectivity index (χ4n) is 3.67. The summed E-state index contributed by atoms with van der Waals surface area (Å²) in [6.07, 6.45) is 5.52. The molecule has 2 amide bonds. The number of hydrogen-bond donors (Lipinski definition) is 1. The molecule has 1 aromatic rings. The predicted octanol–water partition coefficient (Wildman–Crippen LogP) is 1.92. The van der Waals surface area contributed by atoms with Crippen molar-refractivity contribution in [1.29, 1.82) is 0 Å². The second kappa shape index (κ2) is 8.39. The molecule has 1 aromatic carbocycles. The maximum Gasteiger partial charge on any atom is 0.253 e. The Morgan fingerprint density at radius 2 is 1.56 bits per heavy atom. The van der Waals surface area contributed by atoms with E-state index < -0.39 is 10.0 Å². The van der Waals surface area contributed by atoms with Gasteiger partial charge in [0.15, 0.2) is 0 Å². The van der Waals surface area contributed by atoms with Crippen molar-refractivity contribution in [2.45, 2.75) is 32.1 Å². The van der Waals surface area contributed by atoms with Crippen molar-refractivity contribution in [2.24, 2.45) is 5.92 Å². The summed E-state index contributed by atoms with van der Waals surface area (Å²) in [5.74, 6) is -0.253. The minimum atomic E-state index is -3.19. The Morgan fingerprint density at radius 3 is 2.11 bits per heavy atom. The van der Waals surface area contributed by atoms with Crippen molar-refractivity contribution >= 4 is 27.5 Å². The maximum atomic E-state index is 12.5. The lowest BCUT2D eigenvalue weighted by Crippen LogP contribution is -2.40. The Kier molecular flexibility index (Phi) is 6.16. The number of sulfonamides is 1. The van der Waals surface area contributed by atoms with Gasteiger partial charge in [-0.05, 0) is 56.4 Å². The summed E-state index contributed by atoms with van der Waals surface area (Å²) < 4.78 is 24.5. The van der Waals surface area contributed by atoms with Gasteiger partial charge in [-0.2, -0.15) is 0 Å². The highest BCUT2D eigenvalue weighted by Crippen LogP contribution is 2.21. The number of nitrogens with one attached hydrogen (secondary N) is 1.